The van der Waals surface area contributed by atoms with Crippen LogP contribution in [0, 0.1) is 0 Å². The van der Waals surface area contributed by atoms with E-state index in [0.717, 1.165) is 28.7 Å². The van der Waals surface area contributed by atoms with Crippen LogP contribution >= 0.6 is 76.1 Å². The number of aromatic nitrogens is 2. The van der Waals surface area contributed by atoms with Gasteiger partial charge in [0.1, 0.15) is 47.3 Å². The number of nitrogens with two attached hydrogens (primary N) is 1. The van der Waals surface area contributed by atoms with Gasteiger partial charge in [-0.15, -0.1) is 12.4 Å². The lowest BCUT2D eigenvalue weighted by molar-refractivity contribution is -0.132. The largest absolute Gasteiger partial charge is 0.497 e. The Balaban J connectivity index is 0.000000281. The molecule has 0 atom stereocenters. The van der Waals surface area contributed by atoms with Crippen molar-refractivity contribution in [2.45, 2.75) is 60.2 Å². The third-order valence-electron chi connectivity index (χ3n) is 18.6. The number of rotatable bonds is 19. The van der Waals surface area contributed by atoms with Gasteiger partial charge in [0.05, 0.1) is 63.8 Å². The second-order valence-electron chi connectivity index (χ2n) is 29.6. The van der Waals surface area contributed by atoms with E-state index in [1.54, 1.807) is 164 Å². The summed E-state index contributed by atoms with van der Waals surface area (Å²) in [5.41, 5.74) is 7.62. The fourth-order valence-corrected chi connectivity index (χ4v) is 13.6. The number of carbonyl (C=O) groups excluding carboxylic acids is 10. The number of benzene rings is 6. The lowest BCUT2D eigenvalue weighted by Gasteiger charge is -2.35. The highest BCUT2D eigenvalue weighted by molar-refractivity contribution is 9.11. The third-order valence-corrected chi connectivity index (χ3v) is 21.3. The number of hydrogen-bond donors (Lipinski definition) is 7. The van der Waals surface area contributed by atoms with Gasteiger partial charge in [-0.05, 0) is 178 Å². The van der Waals surface area contributed by atoms with Crippen LogP contribution in [0.4, 0.5) is 9.59 Å². The first-order chi connectivity index (χ1) is 59.9. The first kappa shape index (κ1) is 107. The number of carboxylic acid groups (broad SMARTS) is 2. The second-order valence-corrected chi connectivity index (χ2v) is 33.0. The Labute approximate surface area is 781 Å². The molecule has 0 spiro atoms. The number of halogens is 5. The van der Waals surface area contributed by atoms with Crippen LogP contribution in [0.3, 0.4) is 0 Å². The topological polar surface area (TPSA) is 450 Å². The highest BCUT2D eigenvalue weighted by Crippen LogP contribution is 2.30. The minimum absolute atomic E-state index is 0. The number of alkyl carbamates (subject to hydrolysis) is 2. The van der Waals surface area contributed by atoms with Crippen molar-refractivity contribution in [3.8, 4) is 45.6 Å². The number of ether oxygens (including phenoxy) is 6. The Kier molecular flexibility index (Phi) is 43.9. The van der Waals surface area contributed by atoms with Crippen molar-refractivity contribution >= 4 is 148 Å². The monoisotopic (exact) mass is 2050 g/mol. The molecule has 4 aliphatic rings. The fourth-order valence-electron chi connectivity index (χ4n) is 12.0. The average Bonchev–Trinajstić information content (AvgIpc) is 1.15. The Morgan fingerprint density at radius 1 is 0.398 bits per heavy atom. The lowest BCUT2D eigenvalue weighted by atomic mass is 10.1. The maximum Gasteiger partial charge on any atom is 0.408 e. The summed E-state index contributed by atoms with van der Waals surface area (Å²) in [5, 5.41) is 35.2. The van der Waals surface area contributed by atoms with E-state index >= 15 is 0 Å². The lowest BCUT2D eigenvalue weighted by Crippen LogP contribution is -2.52. The van der Waals surface area contributed by atoms with Gasteiger partial charge in [-0.25, -0.2) is 19.2 Å². The predicted molar refractivity (Wildman–Crippen MR) is 491 cm³/mol. The molecule has 692 valence electrons. The van der Waals surface area contributed by atoms with E-state index in [1.807, 2.05) is 60.7 Å². The zero-order valence-electron chi connectivity index (χ0n) is 71.6. The maximum absolute atomic E-state index is 12.9. The second kappa shape index (κ2) is 52.6. The normalized spacial score (nSPS) is 13.4. The summed E-state index contributed by atoms with van der Waals surface area (Å²) in [6.07, 6.45) is -1.18. The molecule has 36 nitrogen and oxygen atoms in total. The summed E-state index contributed by atoms with van der Waals surface area (Å²) in [4.78, 5) is 155. The molecule has 6 aromatic carbocycles. The third kappa shape index (κ3) is 34.1. The zero-order chi connectivity index (χ0) is 92.4. The van der Waals surface area contributed by atoms with Crippen LogP contribution in [-0.2, 0) is 28.7 Å². The number of methoxy groups -OCH3 is 4. The average molecular weight is 2060 g/mol. The van der Waals surface area contributed by atoms with Crippen LogP contribution in [0.15, 0.2) is 173 Å². The van der Waals surface area contributed by atoms with E-state index in [0.29, 0.717) is 156 Å². The summed E-state index contributed by atoms with van der Waals surface area (Å²) >= 11 is 13.3. The molecule has 0 saturated carbocycles. The zero-order valence-corrected chi connectivity index (χ0v) is 78.7. The van der Waals surface area contributed by atoms with E-state index in [1.165, 1.54) is 25.3 Å². The Bertz CT molecular complexity index is 5050. The minimum Gasteiger partial charge on any atom is -0.497 e. The van der Waals surface area contributed by atoms with Crippen LogP contribution in [0.5, 0.6) is 23.0 Å². The molecule has 4 saturated heterocycles. The van der Waals surface area contributed by atoms with Crippen molar-refractivity contribution < 1.29 is 105 Å². The SMILES string of the molecule is C.CC(C)(C)OC(=O)NCC(=O)N1CCNCC1.COc1ccc(Br)c(C(=O)N2CCN(C(=O)CN)CC2)c1.COc1ccc(Br)c(C(=O)N2CCN(C(=O)CNC(=O)OC(C)(C)C)CC2)c1.COc1ccc(Br)c(C(=O)N2CCN(C(=O)CNC(=O)c3cc(-c4ccccc4)on3)CC2)c1.COc1ccc(Br)c(C(=O)O)c1.Cl.O=C(O)c1cc(-c2ccccc2)on1. The summed E-state index contributed by atoms with van der Waals surface area (Å²) in [6.45, 7) is 18.5. The van der Waals surface area contributed by atoms with Gasteiger partial charge in [0.2, 0.25) is 23.6 Å². The highest BCUT2D eigenvalue weighted by atomic mass is 79.9. The Hall–Kier alpha value is -11.7. The maximum atomic E-state index is 12.9. The van der Waals surface area contributed by atoms with Crippen molar-refractivity contribution in [2.24, 2.45) is 5.73 Å². The molecule has 41 heteroatoms. The predicted octanol–water partition coefficient (Wildman–Crippen LogP) is 11.0. The molecule has 0 unspecified atom stereocenters. The van der Waals surface area contributed by atoms with E-state index in [2.05, 4.69) is 95.3 Å². The van der Waals surface area contributed by atoms with Crippen LogP contribution < -0.4 is 45.9 Å². The van der Waals surface area contributed by atoms with E-state index < -0.39 is 41.2 Å². The minimum atomic E-state index is -1.09. The standard InChI is InChI=1S/C24H23BrN4O5.C19H26BrN3O5.C14H18BrN3O3.C11H21N3O3.C10H7NO3.C8H7BrO3.CH4.ClH/c1-33-17-7-8-19(25)18(13-17)24(32)29-11-9-28(10-12-29)22(30)15-26-23(31)20-14-21(34-27-20)16-5-3-2-4-6-16;1-19(2,3)28-18(26)21-12-16(24)22-7-9-23(10-8-22)17(25)14-11-13(27-4)5-6-15(14)20;1-21-10-2-3-12(15)11(8-10)14(20)18-6-4-17(5-7-18)13(19)9-16;1-11(2,3)17-10(16)13-8-9(15)14-6-4-12-5-7-14;12-10(13)8-6-9(14-11-8)7-4-2-1-3-5-7;1-12-5-2-3-7(9)6(4-5)8(10)11;;/h2-8,13-14H,9-12,15H2,1H3,(H,26,31);5-6,11H,7-10,12H2,1-4H3,(H,21,26);2-3,8H,4-7,9,16H2,1H3;12H,4-8H2,1-3H3,(H,13,16);1-6H,(H,12,13);2-4H,1H3,(H,10,11);1H4;1H. The van der Waals surface area contributed by atoms with Crippen molar-refractivity contribution in [1.29, 1.82) is 0 Å². The number of nitrogens with zero attached hydrogens (tertiary/aromatic N) is 9. The van der Waals surface area contributed by atoms with Crippen LogP contribution in [-0.4, -0.2) is 297 Å². The first-order valence-corrected chi connectivity index (χ1v) is 42.6. The van der Waals surface area contributed by atoms with Gasteiger partial charge in [0.15, 0.2) is 22.9 Å². The Morgan fingerprint density at radius 2 is 0.688 bits per heavy atom. The number of carbonyl (C=O) groups is 12. The van der Waals surface area contributed by atoms with Crippen molar-refractivity contribution in [3.05, 3.63) is 197 Å². The van der Waals surface area contributed by atoms with Gasteiger partial charge in [0.25, 0.3) is 23.6 Å². The molecule has 10 amide bonds. The number of amides is 10. The number of nitrogens with one attached hydrogen (secondary N) is 4. The molecule has 8 aromatic rings. The summed E-state index contributed by atoms with van der Waals surface area (Å²) in [6, 6.07) is 42.0. The number of carboxylic acids is 2. The molecule has 0 aliphatic carbocycles. The van der Waals surface area contributed by atoms with Gasteiger partial charge in [-0.1, -0.05) is 78.4 Å². The first-order valence-electron chi connectivity index (χ1n) is 39.4. The molecule has 4 fully saturated rings. The molecule has 6 heterocycles. The quantitative estimate of drug-likeness (QED) is 0.0395. The molecule has 0 bridgehead atoms. The molecule has 0 radical (unpaired) electrons. The van der Waals surface area contributed by atoms with Crippen molar-refractivity contribution in [2.75, 3.05) is 159 Å². The molecular weight excluding hydrogens is 1950 g/mol. The van der Waals surface area contributed by atoms with Crippen molar-refractivity contribution in [3.63, 3.8) is 0 Å². The number of piperazine rings is 4. The molecule has 128 heavy (non-hydrogen) atoms. The van der Waals surface area contributed by atoms with Gasteiger partial charge >= 0.3 is 24.1 Å². The molecule has 2 aromatic heterocycles. The fraction of sp³-hybridized carbons (Fsp3) is 0.379. The summed E-state index contributed by atoms with van der Waals surface area (Å²) in [5.74, 6) is -0.146. The summed E-state index contributed by atoms with van der Waals surface area (Å²) < 4.78 is 43.3. The van der Waals surface area contributed by atoms with E-state index in [-0.39, 0.29) is 104 Å². The van der Waals surface area contributed by atoms with Crippen molar-refractivity contribution in [1.82, 2.24) is 65.9 Å². The van der Waals surface area contributed by atoms with E-state index in [4.69, 9.17) is 53.4 Å². The smallest absolute Gasteiger partial charge is 0.408 e. The number of aromatic carboxylic acids is 2. The number of hydrogen-bond acceptors (Lipinski definition) is 24. The Morgan fingerprint density at radius 3 is 0.992 bits per heavy atom. The van der Waals surface area contributed by atoms with Gasteiger partial charge in [0, 0.05) is 146 Å². The molecular formula is C87H107Br4ClN14O22. The van der Waals surface area contributed by atoms with E-state index in [9.17, 15) is 57.5 Å². The van der Waals surface area contributed by atoms with Crippen LogP contribution in [0.25, 0.3) is 22.6 Å². The molecule has 4 aliphatic heterocycles. The van der Waals surface area contributed by atoms with Crippen LogP contribution in [0.2, 0.25) is 0 Å². The molecule has 12 rings (SSSR count). The molecule has 8 N–H and O–H groups in total. The van der Waals surface area contributed by atoms with Crippen LogP contribution in [0.1, 0.15) is 111 Å². The summed E-state index contributed by atoms with van der Waals surface area (Å²) in [7, 11) is 6.15. The van der Waals surface area contributed by atoms with Gasteiger partial charge in [-0.2, -0.15) is 0 Å². The van der Waals surface area contributed by atoms with Gasteiger partial charge in [-0.3, -0.25) is 38.4 Å². The highest BCUT2D eigenvalue weighted by Gasteiger charge is 2.31. The van der Waals surface area contributed by atoms with Gasteiger partial charge < -0.3 is 109 Å².